The molecule has 2 aromatic carbocycles. The van der Waals surface area contributed by atoms with Crippen LogP contribution in [0.25, 0.3) is 0 Å². The molecule has 2 aromatic rings. The Kier molecular flexibility index (Phi) is 6.82. The highest BCUT2D eigenvalue weighted by atomic mass is 19.1. The summed E-state index contributed by atoms with van der Waals surface area (Å²) in [4.78, 5) is 25.3. The molecule has 1 aliphatic rings. The van der Waals surface area contributed by atoms with Crippen molar-refractivity contribution in [3.05, 3.63) is 58.9 Å². The molecular weight excluding hydrogens is 375 g/mol. The lowest BCUT2D eigenvalue weighted by atomic mass is 10.00. The largest absolute Gasteiger partial charge is 0.494 e. The van der Waals surface area contributed by atoms with Crippen LogP contribution in [0.1, 0.15) is 46.0 Å². The molecule has 1 saturated heterocycles. The van der Waals surface area contributed by atoms with Crippen LogP contribution in [-0.2, 0) is 0 Å². The van der Waals surface area contributed by atoms with E-state index in [0.29, 0.717) is 12.2 Å². The third-order valence-corrected chi connectivity index (χ3v) is 4.78. The van der Waals surface area contributed by atoms with Crippen LogP contribution in [0.15, 0.2) is 36.4 Å². The van der Waals surface area contributed by atoms with Gasteiger partial charge in [0.2, 0.25) is 0 Å². The number of halogens is 1. The standard InChI is InChI=1S/C22H25FN2O4/c1-3-12-29-17-8-9-18(28-2)20(23)19(17)21(26)14-4-6-15(7-5-14)22(27)25-16-10-11-24-13-16/h4-9,16,24H,3,10-13H2,1-2H3,(H,25,27)/t16-/m0/s1. The zero-order valence-corrected chi connectivity index (χ0v) is 16.6. The van der Waals surface area contributed by atoms with Crippen LogP contribution in [0, 0.1) is 5.82 Å². The predicted molar refractivity (Wildman–Crippen MR) is 107 cm³/mol. The fourth-order valence-corrected chi connectivity index (χ4v) is 3.20. The Morgan fingerprint density at radius 3 is 2.45 bits per heavy atom. The molecule has 154 valence electrons. The van der Waals surface area contributed by atoms with Gasteiger partial charge in [-0.25, -0.2) is 4.39 Å². The van der Waals surface area contributed by atoms with Gasteiger partial charge >= 0.3 is 0 Å². The van der Waals surface area contributed by atoms with E-state index in [1.165, 1.54) is 31.4 Å². The van der Waals surface area contributed by atoms with Gasteiger partial charge in [0.05, 0.1) is 13.7 Å². The van der Waals surface area contributed by atoms with Gasteiger partial charge < -0.3 is 20.1 Å². The van der Waals surface area contributed by atoms with Gasteiger partial charge in [0.15, 0.2) is 17.3 Å². The molecule has 1 fully saturated rings. The molecular formula is C22H25FN2O4. The first-order valence-corrected chi connectivity index (χ1v) is 9.70. The predicted octanol–water partition coefficient (Wildman–Crippen LogP) is 2.95. The number of amides is 1. The first-order valence-electron chi connectivity index (χ1n) is 9.70. The van der Waals surface area contributed by atoms with Crippen molar-refractivity contribution in [3.63, 3.8) is 0 Å². The summed E-state index contributed by atoms with van der Waals surface area (Å²) in [6.45, 7) is 3.92. The van der Waals surface area contributed by atoms with Crippen molar-refractivity contribution in [3.8, 4) is 11.5 Å². The Bertz CT molecular complexity index is 877. The molecule has 0 bridgehead atoms. The van der Waals surface area contributed by atoms with Crippen molar-refractivity contribution in [2.75, 3.05) is 26.8 Å². The number of hydrogen-bond acceptors (Lipinski definition) is 5. The van der Waals surface area contributed by atoms with Gasteiger partial charge in [-0.3, -0.25) is 9.59 Å². The summed E-state index contributed by atoms with van der Waals surface area (Å²) in [5.74, 6) is -1.34. The minimum Gasteiger partial charge on any atom is -0.494 e. The number of carbonyl (C=O) groups is 2. The van der Waals surface area contributed by atoms with Gasteiger partial charge in [0.25, 0.3) is 5.91 Å². The summed E-state index contributed by atoms with van der Waals surface area (Å²) >= 11 is 0. The molecule has 7 heteroatoms. The molecule has 0 unspecified atom stereocenters. The van der Waals surface area contributed by atoms with Gasteiger partial charge in [0.1, 0.15) is 11.3 Å². The second kappa shape index (κ2) is 9.52. The Morgan fingerprint density at radius 1 is 1.14 bits per heavy atom. The van der Waals surface area contributed by atoms with E-state index in [4.69, 9.17) is 9.47 Å². The molecule has 6 nitrogen and oxygen atoms in total. The third-order valence-electron chi connectivity index (χ3n) is 4.78. The van der Waals surface area contributed by atoms with E-state index in [9.17, 15) is 14.0 Å². The first-order chi connectivity index (χ1) is 14.0. The fourth-order valence-electron chi connectivity index (χ4n) is 3.20. The maximum atomic E-state index is 14.8. The van der Waals surface area contributed by atoms with Gasteiger partial charge in [-0.15, -0.1) is 0 Å². The Balaban J connectivity index is 1.83. The molecule has 3 rings (SSSR count). The van der Waals surface area contributed by atoms with E-state index in [-0.39, 0.29) is 34.6 Å². The van der Waals surface area contributed by atoms with Crippen molar-refractivity contribution < 1.29 is 23.5 Å². The molecule has 1 amide bonds. The highest BCUT2D eigenvalue weighted by molar-refractivity contribution is 6.11. The molecule has 1 aliphatic heterocycles. The Hall–Kier alpha value is -2.93. The smallest absolute Gasteiger partial charge is 0.251 e. The normalized spacial score (nSPS) is 15.8. The molecule has 0 aliphatic carbocycles. The summed E-state index contributed by atoms with van der Waals surface area (Å²) in [5, 5.41) is 6.14. The van der Waals surface area contributed by atoms with Crippen LogP contribution in [0.3, 0.4) is 0 Å². The van der Waals surface area contributed by atoms with E-state index in [1.54, 1.807) is 12.1 Å². The van der Waals surface area contributed by atoms with E-state index in [0.717, 1.165) is 25.9 Å². The van der Waals surface area contributed by atoms with Crippen molar-refractivity contribution >= 4 is 11.7 Å². The lowest BCUT2D eigenvalue weighted by Gasteiger charge is -2.14. The molecule has 1 heterocycles. The summed E-state index contributed by atoms with van der Waals surface area (Å²) < 4.78 is 25.4. The first kappa shape index (κ1) is 20.8. The summed E-state index contributed by atoms with van der Waals surface area (Å²) in [6, 6.07) is 9.24. The summed E-state index contributed by atoms with van der Waals surface area (Å²) in [7, 11) is 1.34. The number of hydrogen-bond donors (Lipinski definition) is 2. The SMILES string of the molecule is CCCOc1ccc(OC)c(F)c1C(=O)c1ccc(C(=O)N[C@H]2CCNC2)cc1. The number of carbonyl (C=O) groups excluding carboxylic acids is 2. The lowest BCUT2D eigenvalue weighted by molar-refractivity contribution is 0.0938. The van der Waals surface area contributed by atoms with Crippen molar-refractivity contribution in [1.29, 1.82) is 0 Å². The number of ether oxygens (including phenoxy) is 2. The van der Waals surface area contributed by atoms with Gasteiger partial charge in [-0.1, -0.05) is 19.1 Å². The van der Waals surface area contributed by atoms with Crippen LogP contribution in [0.4, 0.5) is 4.39 Å². The molecule has 0 radical (unpaired) electrons. The summed E-state index contributed by atoms with van der Waals surface area (Å²) in [5.41, 5.74) is 0.534. The zero-order valence-electron chi connectivity index (χ0n) is 16.6. The van der Waals surface area contributed by atoms with E-state index in [2.05, 4.69) is 10.6 Å². The van der Waals surface area contributed by atoms with Gasteiger partial charge in [-0.05, 0) is 43.7 Å². The highest BCUT2D eigenvalue weighted by Crippen LogP contribution is 2.31. The number of ketones is 1. The minimum absolute atomic E-state index is 0.0293. The van der Waals surface area contributed by atoms with Gasteiger partial charge in [-0.2, -0.15) is 0 Å². The van der Waals surface area contributed by atoms with Crippen LogP contribution >= 0.6 is 0 Å². The quantitative estimate of drug-likeness (QED) is 0.667. The second-order valence-electron chi connectivity index (χ2n) is 6.87. The Labute approximate surface area is 169 Å². The zero-order chi connectivity index (χ0) is 20.8. The number of benzene rings is 2. The minimum atomic E-state index is -0.762. The average Bonchev–Trinajstić information content (AvgIpc) is 3.25. The maximum absolute atomic E-state index is 14.8. The van der Waals surface area contributed by atoms with Crippen molar-refractivity contribution in [1.82, 2.24) is 10.6 Å². The second-order valence-corrected chi connectivity index (χ2v) is 6.87. The molecule has 0 aromatic heterocycles. The number of rotatable bonds is 8. The fraction of sp³-hybridized carbons (Fsp3) is 0.364. The maximum Gasteiger partial charge on any atom is 0.251 e. The number of nitrogens with one attached hydrogen (secondary N) is 2. The average molecular weight is 400 g/mol. The third kappa shape index (κ3) is 4.74. The lowest BCUT2D eigenvalue weighted by Crippen LogP contribution is -2.36. The van der Waals surface area contributed by atoms with Crippen LogP contribution < -0.4 is 20.1 Å². The molecule has 1 atom stereocenters. The van der Waals surface area contributed by atoms with Gasteiger partial charge in [0, 0.05) is 23.7 Å². The van der Waals surface area contributed by atoms with Crippen LogP contribution in [0.5, 0.6) is 11.5 Å². The van der Waals surface area contributed by atoms with Crippen LogP contribution in [0.2, 0.25) is 0 Å². The number of methoxy groups -OCH3 is 1. The highest BCUT2D eigenvalue weighted by Gasteiger charge is 2.24. The van der Waals surface area contributed by atoms with Crippen molar-refractivity contribution in [2.45, 2.75) is 25.8 Å². The molecule has 0 spiro atoms. The van der Waals surface area contributed by atoms with E-state index >= 15 is 0 Å². The van der Waals surface area contributed by atoms with Crippen LogP contribution in [-0.4, -0.2) is 44.5 Å². The molecule has 2 N–H and O–H groups in total. The topological polar surface area (TPSA) is 76.7 Å². The Morgan fingerprint density at radius 2 is 1.83 bits per heavy atom. The molecule has 0 saturated carbocycles. The monoisotopic (exact) mass is 400 g/mol. The summed E-state index contributed by atoms with van der Waals surface area (Å²) in [6.07, 6.45) is 1.61. The van der Waals surface area contributed by atoms with E-state index < -0.39 is 11.6 Å². The van der Waals surface area contributed by atoms with Crippen molar-refractivity contribution in [2.24, 2.45) is 0 Å². The molecule has 29 heavy (non-hydrogen) atoms. The van der Waals surface area contributed by atoms with E-state index in [1.807, 2.05) is 6.92 Å².